The summed E-state index contributed by atoms with van der Waals surface area (Å²) < 4.78 is 19.5. The van der Waals surface area contributed by atoms with Crippen LogP contribution in [0, 0.1) is 5.82 Å². The maximum Gasteiger partial charge on any atom is 0.250 e. The number of fused-ring (bicyclic) bond motifs is 1. The molecule has 3 aromatic carbocycles. The van der Waals surface area contributed by atoms with Gasteiger partial charge in [-0.1, -0.05) is 18.2 Å². The van der Waals surface area contributed by atoms with E-state index < -0.39 is 5.91 Å². The first kappa shape index (κ1) is 26.3. The third-order valence-electron chi connectivity index (χ3n) is 8.02. The number of aromatic amines is 1. The maximum absolute atomic E-state index is 13.9. The molecule has 8 nitrogen and oxygen atoms in total. The van der Waals surface area contributed by atoms with Crippen LogP contribution in [0.25, 0.3) is 22.2 Å². The molecule has 1 aromatic heterocycles. The molecule has 0 bridgehead atoms. The topological polar surface area (TPSA) is 99.5 Å². The summed E-state index contributed by atoms with van der Waals surface area (Å²) in [4.78, 5) is 17.4. The molecule has 1 amide bonds. The summed E-state index contributed by atoms with van der Waals surface area (Å²) in [5.41, 5.74) is 12.6. The zero-order valence-electron chi connectivity index (χ0n) is 22.8. The summed E-state index contributed by atoms with van der Waals surface area (Å²) in [5.74, 6) is -0.723. The van der Waals surface area contributed by atoms with Crippen molar-refractivity contribution in [1.29, 1.82) is 0 Å². The van der Waals surface area contributed by atoms with Crippen LogP contribution >= 0.6 is 0 Å². The second kappa shape index (κ2) is 11.3. The molecule has 0 spiro atoms. The van der Waals surface area contributed by atoms with Gasteiger partial charge in [-0.3, -0.25) is 9.89 Å². The number of likely N-dealkylation sites (N-methyl/N-ethyl adjacent to an activating group) is 1. The lowest BCUT2D eigenvalue weighted by molar-refractivity contribution is 0.0904. The number of carbonyl (C=O) groups excluding carboxylic acids is 1. The molecule has 0 saturated carbocycles. The van der Waals surface area contributed by atoms with E-state index >= 15 is 0 Å². The van der Waals surface area contributed by atoms with Crippen molar-refractivity contribution in [2.24, 2.45) is 5.73 Å². The van der Waals surface area contributed by atoms with E-state index in [-0.39, 0.29) is 11.9 Å². The molecule has 3 heterocycles. The number of halogens is 1. The van der Waals surface area contributed by atoms with Crippen LogP contribution in [0.1, 0.15) is 34.3 Å². The Morgan fingerprint density at radius 1 is 1.07 bits per heavy atom. The fourth-order valence-corrected chi connectivity index (χ4v) is 5.79. The van der Waals surface area contributed by atoms with Gasteiger partial charge in [0.1, 0.15) is 11.5 Å². The van der Waals surface area contributed by atoms with Crippen molar-refractivity contribution in [3.05, 3.63) is 77.1 Å². The average Bonchev–Trinajstić information content (AvgIpc) is 3.36. The lowest BCUT2D eigenvalue weighted by Gasteiger charge is -2.36. The zero-order chi connectivity index (χ0) is 27.6. The van der Waals surface area contributed by atoms with Gasteiger partial charge < -0.3 is 25.6 Å². The molecular weight excluding hydrogens is 507 g/mol. The Morgan fingerprint density at radius 3 is 2.60 bits per heavy atom. The van der Waals surface area contributed by atoms with Crippen molar-refractivity contribution < 1.29 is 13.9 Å². The smallest absolute Gasteiger partial charge is 0.250 e. The molecule has 0 radical (unpaired) electrons. The van der Waals surface area contributed by atoms with E-state index in [1.54, 1.807) is 12.1 Å². The number of ether oxygens (including phenoxy) is 1. The molecule has 4 aromatic rings. The van der Waals surface area contributed by atoms with E-state index in [4.69, 9.17) is 15.6 Å². The van der Waals surface area contributed by atoms with Gasteiger partial charge in [-0.05, 0) is 73.8 Å². The fraction of sp³-hybridized carbons (Fsp3) is 0.355. The van der Waals surface area contributed by atoms with Gasteiger partial charge in [0.15, 0.2) is 0 Å². The molecule has 2 aliphatic heterocycles. The summed E-state index contributed by atoms with van der Waals surface area (Å²) >= 11 is 0. The molecule has 2 aliphatic rings. The summed E-state index contributed by atoms with van der Waals surface area (Å²) in [6.07, 6.45) is 2.28. The van der Waals surface area contributed by atoms with Gasteiger partial charge in [0.25, 0.3) is 5.91 Å². The number of aromatic nitrogens is 2. The van der Waals surface area contributed by atoms with Gasteiger partial charge in [-0.2, -0.15) is 5.10 Å². The van der Waals surface area contributed by atoms with Crippen LogP contribution in [-0.4, -0.2) is 73.5 Å². The van der Waals surface area contributed by atoms with Gasteiger partial charge in [0.05, 0.1) is 22.3 Å². The van der Waals surface area contributed by atoms with E-state index in [2.05, 4.69) is 33.3 Å². The highest BCUT2D eigenvalue weighted by molar-refractivity contribution is 6.08. The molecule has 2 fully saturated rings. The molecule has 4 N–H and O–H groups in total. The standard InChI is InChI=1S/C31H35FN6O2/c1-37-11-13-38(14-12-37)27-8-6-24(31(33)39)29(34-23-9-15-40-16-10-23)28(27)30-25-19-21(5-7-26(25)35-36-30)17-20-3-2-4-22(32)18-20/h2-8,18-19,23,34H,9-17H2,1H3,(H2,33,39)(H,35,36). The first-order valence-electron chi connectivity index (χ1n) is 13.9. The summed E-state index contributed by atoms with van der Waals surface area (Å²) in [5, 5.41) is 12.6. The number of rotatable bonds is 7. The molecule has 0 atom stereocenters. The highest BCUT2D eigenvalue weighted by Crippen LogP contribution is 2.43. The number of hydrogen-bond acceptors (Lipinski definition) is 6. The Bertz CT molecular complexity index is 1520. The minimum atomic E-state index is -0.479. The Kier molecular flexibility index (Phi) is 7.40. The number of anilines is 2. The third-order valence-corrected chi connectivity index (χ3v) is 8.02. The quantitative estimate of drug-likeness (QED) is 0.320. The number of hydrogen-bond donors (Lipinski definition) is 3. The van der Waals surface area contributed by atoms with Crippen molar-refractivity contribution in [3.63, 3.8) is 0 Å². The minimum Gasteiger partial charge on any atom is -0.381 e. The molecule has 40 heavy (non-hydrogen) atoms. The number of H-pyrrole nitrogens is 1. The number of piperazine rings is 1. The summed E-state index contributed by atoms with van der Waals surface area (Å²) in [7, 11) is 2.13. The zero-order valence-corrected chi connectivity index (χ0v) is 22.8. The van der Waals surface area contributed by atoms with E-state index in [1.807, 2.05) is 30.3 Å². The second-order valence-corrected chi connectivity index (χ2v) is 10.8. The fourth-order valence-electron chi connectivity index (χ4n) is 5.79. The lowest BCUT2D eigenvalue weighted by Crippen LogP contribution is -2.44. The van der Waals surface area contributed by atoms with Gasteiger partial charge in [0.2, 0.25) is 0 Å². The highest BCUT2D eigenvalue weighted by atomic mass is 19.1. The number of carbonyl (C=O) groups is 1. The number of amides is 1. The summed E-state index contributed by atoms with van der Waals surface area (Å²) in [6, 6.07) is 16.9. The maximum atomic E-state index is 13.9. The Labute approximate surface area is 233 Å². The molecule has 6 rings (SSSR count). The van der Waals surface area contributed by atoms with Gasteiger partial charge in [0, 0.05) is 56.5 Å². The van der Waals surface area contributed by atoms with Crippen molar-refractivity contribution in [2.75, 3.05) is 56.7 Å². The van der Waals surface area contributed by atoms with E-state index in [9.17, 15) is 9.18 Å². The van der Waals surface area contributed by atoms with Gasteiger partial charge >= 0.3 is 0 Å². The molecule has 0 aliphatic carbocycles. The van der Waals surface area contributed by atoms with Crippen LogP contribution in [0.15, 0.2) is 54.6 Å². The normalized spacial score (nSPS) is 16.9. The first-order valence-corrected chi connectivity index (χ1v) is 13.9. The highest BCUT2D eigenvalue weighted by Gasteiger charge is 2.28. The SMILES string of the molecule is CN1CCN(c2ccc(C(N)=O)c(NC3CCOCC3)c2-c2n[nH]c3ccc(Cc4cccc(F)c4)cc23)CC1. The van der Waals surface area contributed by atoms with Crippen LogP contribution in [0.3, 0.4) is 0 Å². The Hall–Kier alpha value is -3.95. The molecule has 9 heteroatoms. The molecular formula is C31H35FN6O2. The minimum absolute atomic E-state index is 0.155. The predicted molar refractivity (Wildman–Crippen MR) is 156 cm³/mol. The second-order valence-electron chi connectivity index (χ2n) is 10.8. The monoisotopic (exact) mass is 542 g/mol. The third kappa shape index (κ3) is 5.39. The number of primary amides is 1. The Morgan fingerprint density at radius 2 is 1.85 bits per heavy atom. The van der Waals surface area contributed by atoms with Crippen LogP contribution in [0.4, 0.5) is 15.8 Å². The first-order chi connectivity index (χ1) is 19.5. The lowest BCUT2D eigenvalue weighted by atomic mass is 9.95. The van der Waals surface area contributed by atoms with Crippen molar-refractivity contribution in [1.82, 2.24) is 15.1 Å². The Balaban J connectivity index is 1.50. The van der Waals surface area contributed by atoms with Crippen LogP contribution in [-0.2, 0) is 11.2 Å². The van der Waals surface area contributed by atoms with Crippen LogP contribution in [0.5, 0.6) is 0 Å². The van der Waals surface area contributed by atoms with Gasteiger partial charge in [-0.15, -0.1) is 0 Å². The van der Waals surface area contributed by atoms with E-state index in [0.29, 0.717) is 25.2 Å². The molecule has 0 unspecified atom stereocenters. The van der Waals surface area contributed by atoms with Gasteiger partial charge in [-0.25, -0.2) is 4.39 Å². The van der Waals surface area contributed by atoms with Crippen molar-refractivity contribution in [2.45, 2.75) is 25.3 Å². The van der Waals surface area contributed by atoms with Crippen LogP contribution < -0.4 is 16.0 Å². The van der Waals surface area contributed by atoms with E-state index in [0.717, 1.165) is 83.7 Å². The number of nitrogens with zero attached hydrogens (tertiary/aromatic N) is 3. The van der Waals surface area contributed by atoms with Crippen LogP contribution in [0.2, 0.25) is 0 Å². The molecule has 2 saturated heterocycles. The van der Waals surface area contributed by atoms with Crippen molar-refractivity contribution in [3.8, 4) is 11.3 Å². The number of nitrogens with one attached hydrogen (secondary N) is 2. The average molecular weight is 543 g/mol. The van der Waals surface area contributed by atoms with E-state index in [1.165, 1.54) is 6.07 Å². The largest absolute Gasteiger partial charge is 0.381 e. The molecule has 208 valence electrons. The number of nitrogens with two attached hydrogens (primary N) is 1. The number of benzene rings is 3. The summed E-state index contributed by atoms with van der Waals surface area (Å²) in [6.45, 7) is 4.96. The predicted octanol–water partition coefficient (Wildman–Crippen LogP) is 4.40. The van der Waals surface area contributed by atoms with Crippen molar-refractivity contribution >= 4 is 28.2 Å².